The van der Waals surface area contributed by atoms with Crippen molar-refractivity contribution in [1.29, 1.82) is 0 Å². The van der Waals surface area contributed by atoms with Crippen LogP contribution in [0.4, 0.5) is 5.69 Å². The van der Waals surface area contributed by atoms with Crippen LogP contribution in [-0.2, 0) is 20.7 Å². The number of ether oxygens (including phenoxy) is 1. The van der Waals surface area contributed by atoms with Gasteiger partial charge in [0, 0.05) is 18.2 Å². The number of carbonyl (C=O) groups excluding carboxylic acids is 2. The van der Waals surface area contributed by atoms with Gasteiger partial charge >= 0.3 is 5.97 Å². The summed E-state index contributed by atoms with van der Waals surface area (Å²) >= 11 is 0. The van der Waals surface area contributed by atoms with Gasteiger partial charge in [-0.3, -0.25) is 9.59 Å². The summed E-state index contributed by atoms with van der Waals surface area (Å²) < 4.78 is 5.47. The van der Waals surface area contributed by atoms with Gasteiger partial charge in [-0.15, -0.1) is 0 Å². The molecule has 5 unspecified atom stereocenters. The number of esters is 1. The number of hydrogen-bond donors (Lipinski definition) is 0. The summed E-state index contributed by atoms with van der Waals surface area (Å²) in [4.78, 5) is 27.3. The van der Waals surface area contributed by atoms with E-state index in [4.69, 9.17) is 4.74 Å². The van der Waals surface area contributed by atoms with Gasteiger partial charge in [0.05, 0.1) is 11.8 Å². The lowest BCUT2D eigenvalue weighted by atomic mass is 9.79. The van der Waals surface area contributed by atoms with E-state index in [-0.39, 0.29) is 29.8 Å². The molecule has 4 nitrogen and oxygen atoms in total. The van der Waals surface area contributed by atoms with Crippen molar-refractivity contribution in [3.8, 4) is 0 Å². The molecule has 4 heteroatoms. The molecule has 114 valence electrons. The van der Waals surface area contributed by atoms with Crippen molar-refractivity contribution in [1.82, 2.24) is 0 Å². The van der Waals surface area contributed by atoms with Crippen LogP contribution in [0.15, 0.2) is 24.3 Å². The number of carbonyl (C=O) groups is 2. The molecule has 2 aliphatic heterocycles. The number of aryl methyl sites for hydroxylation is 1. The summed E-state index contributed by atoms with van der Waals surface area (Å²) in [5, 5.41) is 0. The van der Waals surface area contributed by atoms with E-state index in [2.05, 4.69) is 6.07 Å². The zero-order valence-corrected chi connectivity index (χ0v) is 12.4. The monoisotopic (exact) mass is 297 g/mol. The van der Waals surface area contributed by atoms with Crippen LogP contribution in [0.2, 0.25) is 0 Å². The highest BCUT2D eigenvalue weighted by Crippen LogP contribution is 2.58. The van der Waals surface area contributed by atoms with Gasteiger partial charge in [-0.05, 0) is 43.2 Å². The van der Waals surface area contributed by atoms with Crippen molar-refractivity contribution in [2.24, 2.45) is 23.7 Å². The molecule has 0 N–H and O–H groups in total. The molecule has 2 bridgehead atoms. The molecule has 1 amide bonds. The van der Waals surface area contributed by atoms with Crippen LogP contribution in [0, 0.1) is 23.7 Å². The largest absolute Gasteiger partial charge is 0.462 e. The van der Waals surface area contributed by atoms with Gasteiger partial charge in [-0.25, -0.2) is 0 Å². The molecule has 0 aromatic heterocycles. The van der Waals surface area contributed by atoms with Crippen molar-refractivity contribution in [2.45, 2.75) is 31.8 Å². The van der Waals surface area contributed by atoms with Gasteiger partial charge in [0.1, 0.15) is 6.10 Å². The number of fused-ring (bicyclic) bond motifs is 2. The molecule has 5 rings (SSSR count). The number of amides is 1. The fourth-order valence-electron chi connectivity index (χ4n) is 5.28. The van der Waals surface area contributed by atoms with Crippen molar-refractivity contribution in [3.05, 3.63) is 29.8 Å². The Kier molecular flexibility index (Phi) is 2.50. The first-order valence-corrected chi connectivity index (χ1v) is 8.34. The van der Waals surface area contributed by atoms with Gasteiger partial charge in [0.2, 0.25) is 5.91 Å². The summed E-state index contributed by atoms with van der Waals surface area (Å²) in [6.45, 7) is 0.773. The van der Waals surface area contributed by atoms with E-state index in [0.29, 0.717) is 11.8 Å². The first-order valence-electron chi connectivity index (χ1n) is 8.34. The number of nitrogens with zero attached hydrogens (tertiary/aromatic N) is 1. The van der Waals surface area contributed by atoms with E-state index in [0.717, 1.165) is 37.9 Å². The van der Waals surface area contributed by atoms with Gasteiger partial charge in [0.25, 0.3) is 0 Å². The molecule has 1 aromatic carbocycles. The van der Waals surface area contributed by atoms with E-state index in [1.165, 1.54) is 5.56 Å². The molecule has 1 aromatic rings. The summed E-state index contributed by atoms with van der Waals surface area (Å²) in [5.74, 6) is 0.341. The highest BCUT2D eigenvalue weighted by atomic mass is 16.6. The molecule has 2 heterocycles. The Balaban J connectivity index is 1.50. The van der Waals surface area contributed by atoms with Gasteiger partial charge in [-0.1, -0.05) is 18.2 Å². The fourth-order valence-corrected chi connectivity index (χ4v) is 5.28. The molecule has 4 aliphatic rings. The van der Waals surface area contributed by atoms with Crippen molar-refractivity contribution in [3.63, 3.8) is 0 Å². The van der Waals surface area contributed by atoms with Crippen LogP contribution in [0.25, 0.3) is 0 Å². The average molecular weight is 297 g/mol. The van der Waals surface area contributed by atoms with E-state index >= 15 is 0 Å². The fraction of sp³-hybridized carbons (Fsp3) is 0.556. The number of para-hydroxylation sites is 1. The molecule has 0 spiro atoms. The summed E-state index contributed by atoms with van der Waals surface area (Å²) in [6, 6.07) is 8.17. The van der Waals surface area contributed by atoms with Crippen molar-refractivity contribution in [2.75, 3.05) is 11.4 Å². The zero-order chi connectivity index (χ0) is 14.8. The minimum absolute atomic E-state index is 0.0974. The van der Waals surface area contributed by atoms with Crippen LogP contribution in [0.5, 0.6) is 0 Å². The zero-order valence-electron chi connectivity index (χ0n) is 12.4. The van der Waals surface area contributed by atoms with E-state index in [1.807, 2.05) is 23.1 Å². The van der Waals surface area contributed by atoms with E-state index < -0.39 is 0 Å². The number of anilines is 1. The molecule has 5 atom stereocenters. The van der Waals surface area contributed by atoms with Gasteiger partial charge in [0.15, 0.2) is 0 Å². The number of benzene rings is 1. The third kappa shape index (κ3) is 1.53. The predicted octanol–water partition coefficient (Wildman–Crippen LogP) is 2.16. The first-order chi connectivity index (χ1) is 10.7. The minimum Gasteiger partial charge on any atom is -0.462 e. The maximum Gasteiger partial charge on any atom is 0.310 e. The maximum absolute atomic E-state index is 13.2. The Morgan fingerprint density at radius 2 is 2.09 bits per heavy atom. The van der Waals surface area contributed by atoms with Crippen LogP contribution in [-0.4, -0.2) is 24.5 Å². The quantitative estimate of drug-likeness (QED) is 0.746. The lowest BCUT2D eigenvalue weighted by Crippen LogP contribution is -2.44. The molecule has 2 aliphatic carbocycles. The SMILES string of the molecule is O=C1OC2CC3CC2C1C3C(=O)N1CCCc2ccccc21. The second kappa shape index (κ2) is 4.34. The van der Waals surface area contributed by atoms with Gasteiger partial charge < -0.3 is 9.64 Å². The lowest BCUT2D eigenvalue weighted by Gasteiger charge is -2.34. The third-order valence-electron chi connectivity index (χ3n) is 6.14. The molecule has 0 radical (unpaired) electrons. The van der Waals surface area contributed by atoms with Crippen molar-refractivity contribution < 1.29 is 14.3 Å². The predicted molar refractivity (Wildman–Crippen MR) is 80.2 cm³/mol. The van der Waals surface area contributed by atoms with Crippen LogP contribution in [0.1, 0.15) is 24.8 Å². The van der Waals surface area contributed by atoms with Crippen LogP contribution >= 0.6 is 0 Å². The molecule has 3 fully saturated rings. The topological polar surface area (TPSA) is 46.6 Å². The standard InChI is InChI=1S/C18H19NO3/c20-17(19-7-3-5-10-4-1-2-6-13(10)19)15-11-8-12-14(9-11)22-18(21)16(12)15/h1-2,4,6,11-12,14-16H,3,5,7-9H2. The van der Waals surface area contributed by atoms with Crippen LogP contribution < -0.4 is 4.90 Å². The summed E-state index contributed by atoms with van der Waals surface area (Å²) in [6.07, 6.45) is 4.01. The molecule has 2 saturated carbocycles. The Morgan fingerprint density at radius 1 is 1.23 bits per heavy atom. The lowest BCUT2D eigenvalue weighted by molar-refractivity contribution is -0.145. The normalized spacial score (nSPS) is 38.1. The molecular weight excluding hydrogens is 278 g/mol. The molecule has 22 heavy (non-hydrogen) atoms. The summed E-state index contributed by atoms with van der Waals surface area (Å²) in [7, 11) is 0. The van der Waals surface area contributed by atoms with Crippen molar-refractivity contribution >= 4 is 17.6 Å². The maximum atomic E-state index is 13.2. The third-order valence-corrected chi connectivity index (χ3v) is 6.14. The molecular formula is C18H19NO3. The van der Waals surface area contributed by atoms with Gasteiger partial charge in [-0.2, -0.15) is 0 Å². The number of rotatable bonds is 1. The highest BCUT2D eigenvalue weighted by molar-refractivity contribution is 5.99. The minimum atomic E-state index is -0.176. The van der Waals surface area contributed by atoms with Crippen LogP contribution in [0.3, 0.4) is 0 Å². The Morgan fingerprint density at radius 3 is 3.00 bits per heavy atom. The second-order valence-corrected chi connectivity index (χ2v) is 7.14. The van der Waals surface area contributed by atoms with E-state index in [9.17, 15) is 9.59 Å². The average Bonchev–Trinajstić information content (AvgIpc) is 3.15. The highest BCUT2D eigenvalue weighted by Gasteiger charge is 2.64. The van der Waals surface area contributed by atoms with E-state index in [1.54, 1.807) is 0 Å². The Hall–Kier alpha value is -1.84. The Labute approximate surface area is 129 Å². The summed E-state index contributed by atoms with van der Waals surface area (Å²) in [5.41, 5.74) is 2.29. The number of hydrogen-bond acceptors (Lipinski definition) is 3. The Bertz CT molecular complexity index is 668. The second-order valence-electron chi connectivity index (χ2n) is 7.14. The molecule has 1 saturated heterocycles. The smallest absolute Gasteiger partial charge is 0.310 e. The first kappa shape index (κ1) is 12.7.